The van der Waals surface area contributed by atoms with Gasteiger partial charge in [-0.1, -0.05) is 37.3 Å². The Morgan fingerprint density at radius 3 is 2.58 bits per heavy atom. The minimum Gasteiger partial charge on any atom is -0.380 e. The molecule has 2 aromatic carbocycles. The van der Waals surface area contributed by atoms with Crippen molar-refractivity contribution in [3.8, 4) is 0 Å². The molecule has 26 heavy (non-hydrogen) atoms. The van der Waals surface area contributed by atoms with E-state index in [2.05, 4.69) is 10.6 Å². The molecule has 0 bridgehead atoms. The first-order chi connectivity index (χ1) is 12.5. The van der Waals surface area contributed by atoms with Crippen molar-refractivity contribution in [1.82, 2.24) is 5.32 Å². The number of aryl methyl sites for hydroxylation is 1. The van der Waals surface area contributed by atoms with Crippen LogP contribution in [0.1, 0.15) is 12.5 Å². The fourth-order valence-electron chi connectivity index (χ4n) is 2.44. The summed E-state index contributed by atoms with van der Waals surface area (Å²) in [5.41, 5.74) is 1.86. The fraction of sp³-hybridized carbons (Fsp3) is 0.263. The van der Waals surface area contributed by atoms with E-state index in [0.29, 0.717) is 17.9 Å². The maximum Gasteiger partial charge on any atom is 0.266 e. The molecular formula is C19H24FN3O2S. The molecule has 0 heterocycles. The molecule has 0 saturated heterocycles. The molecule has 0 spiro atoms. The van der Waals surface area contributed by atoms with Crippen LogP contribution in [0.3, 0.4) is 0 Å². The summed E-state index contributed by atoms with van der Waals surface area (Å²) in [6, 6.07) is 11.6. The Morgan fingerprint density at radius 1 is 1.15 bits per heavy atom. The molecule has 0 aliphatic rings. The van der Waals surface area contributed by atoms with Crippen LogP contribution in [0.15, 0.2) is 54.6 Å². The second-order valence-electron chi connectivity index (χ2n) is 5.66. The molecule has 0 radical (unpaired) electrons. The third-order valence-corrected chi connectivity index (χ3v) is 4.40. The molecule has 3 N–H and O–H groups in total. The Kier molecular flexibility index (Phi) is 7.77. The van der Waals surface area contributed by atoms with Crippen molar-refractivity contribution in [1.29, 1.82) is 0 Å². The van der Waals surface area contributed by atoms with Crippen LogP contribution in [0, 0.1) is 12.7 Å². The van der Waals surface area contributed by atoms with Crippen molar-refractivity contribution < 1.29 is 13.2 Å². The molecule has 1 unspecified atom stereocenters. The highest BCUT2D eigenvalue weighted by Crippen LogP contribution is 2.34. The molecule has 0 saturated carbocycles. The number of hydrogen-bond donors (Lipinski definition) is 3. The largest absolute Gasteiger partial charge is 0.380 e. The molecule has 2 aromatic rings. The average molecular weight is 377 g/mol. The summed E-state index contributed by atoms with van der Waals surface area (Å²) in [7, 11) is 0. The van der Waals surface area contributed by atoms with Crippen molar-refractivity contribution in [3.05, 3.63) is 66.0 Å². The van der Waals surface area contributed by atoms with E-state index in [0.717, 1.165) is 23.0 Å². The van der Waals surface area contributed by atoms with Gasteiger partial charge in [0, 0.05) is 13.1 Å². The lowest BCUT2D eigenvalue weighted by Gasteiger charge is -2.23. The SMILES string of the molecule is CCNC/C=C\CNc1ccccc1N(c1ccc(C)cc1F)S(=O)O. The summed E-state index contributed by atoms with van der Waals surface area (Å²) >= 11 is -2.42. The minimum atomic E-state index is -2.42. The number of halogens is 1. The lowest BCUT2D eigenvalue weighted by molar-refractivity contribution is 0.562. The number of rotatable bonds is 9. The van der Waals surface area contributed by atoms with Crippen LogP contribution in [-0.2, 0) is 11.3 Å². The number of nitrogens with one attached hydrogen (secondary N) is 2. The molecule has 0 amide bonds. The zero-order valence-electron chi connectivity index (χ0n) is 14.9. The van der Waals surface area contributed by atoms with Gasteiger partial charge in [-0.25, -0.2) is 12.9 Å². The third kappa shape index (κ3) is 5.39. The lowest BCUT2D eigenvalue weighted by Crippen LogP contribution is -2.22. The van der Waals surface area contributed by atoms with Gasteiger partial charge in [-0.05, 0) is 43.3 Å². The van der Waals surface area contributed by atoms with Crippen molar-refractivity contribution >= 4 is 28.3 Å². The van der Waals surface area contributed by atoms with E-state index in [-0.39, 0.29) is 5.69 Å². The normalized spacial score (nSPS) is 12.3. The van der Waals surface area contributed by atoms with Crippen molar-refractivity contribution in [2.75, 3.05) is 29.3 Å². The predicted octanol–water partition coefficient (Wildman–Crippen LogP) is 3.99. The van der Waals surface area contributed by atoms with Crippen LogP contribution < -0.4 is 14.9 Å². The predicted molar refractivity (Wildman–Crippen MR) is 107 cm³/mol. The van der Waals surface area contributed by atoms with Crippen LogP contribution in [-0.4, -0.2) is 28.4 Å². The molecule has 7 heteroatoms. The first-order valence-electron chi connectivity index (χ1n) is 8.40. The molecule has 0 aromatic heterocycles. The first-order valence-corrected chi connectivity index (χ1v) is 9.46. The summed E-state index contributed by atoms with van der Waals surface area (Å²) in [6.07, 6.45) is 3.97. The van der Waals surface area contributed by atoms with E-state index in [1.165, 1.54) is 12.1 Å². The number of nitrogens with zero attached hydrogens (tertiary/aromatic N) is 1. The number of hydrogen-bond acceptors (Lipinski definition) is 3. The van der Waals surface area contributed by atoms with E-state index < -0.39 is 17.1 Å². The van der Waals surface area contributed by atoms with Gasteiger partial charge < -0.3 is 10.6 Å². The number of anilines is 3. The topological polar surface area (TPSA) is 64.6 Å². The van der Waals surface area contributed by atoms with Gasteiger partial charge in [0.25, 0.3) is 11.3 Å². The Labute approximate surface area is 156 Å². The van der Waals surface area contributed by atoms with Gasteiger partial charge in [0.05, 0.1) is 17.1 Å². The number of likely N-dealkylation sites (N-methyl/N-ethyl adjacent to an activating group) is 1. The average Bonchev–Trinajstić information content (AvgIpc) is 2.61. The summed E-state index contributed by atoms with van der Waals surface area (Å²) in [5.74, 6) is -0.548. The monoisotopic (exact) mass is 377 g/mol. The summed E-state index contributed by atoms with van der Waals surface area (Å²) < 4.78 is 37.2. The zero-order valence-corrected chi connectivity index (χ0v) is 15.7. The van der Waals surface area contributed by atoms with Crippen LogP contribution in [0.2, 0.25) is 0 Å². The standard InChI is InChI=1S/C19H24FN3O2S/c1-3-21-12-6-7-13-22-17-8-4-5-9-19(17)23(26(24)25)18-11-10-15(2)14-16(18)20/h4-11,14,21-22H,3,12-13H2,1-2H3,(H,24,25)/b7-6-. The zero-order chi connectivity index (χ0) is 18.9. The number of benzene rings is 2. The molecule has 0 fully saturated rings. The summed E-state index contributed by atoms with van der Waals surface area (Å²) in [5, 5.41) is 6.39. The highest BCUT2D eigenvalue weighted by Gasteiger charge is 2.21. The third-order valence-electron chi connectivity index (χ3n) is 3.69. The molecule has 140 valence electrons. The Bertz CT molecular complexity index is 783. The van der Waals surface area contributed by atoms with Crippen molar-refractivity contribution in [2.45, 2.75) is 13.8 Å². The second-order valence-corrected chi connectivity index (χ2v) is 6.48. The first kappa shape index (κ1) is 20.1. The van der Waals surface area contributed by atoms with E-state index in [4.69, 9.17) is 0 Å². The maximum absolute atomic E-state index is 14.4. The van der Waals surface area contributed by atoms with Gasteiger partial charge in [-0.2, -0.15) is 0 Å². The van der Waals surface area contributed by atoms with E-state index >= 15 is 0 Å². The molecule has 2 rings (SSSR count). The molecule has 1 atom stereocenters. The number of para-hydroxylation sites is 2. The summed E-state index contributed by atoms with van der Waals surface area (Å²) in [6.45, 7) is 6.03. The van der Waals surface area contributed by atoms with Gasteiger partial charge in [0.15, 0.2) is 0 Å². The van der Waals surface area contributed by atoms with Crippen LogP contribution in [0.4, 0.5) is 21.5 Å². The van der Waals surface area contributed by atoms with Crippen LogP contribution >= 0.6 is 0 Å². The van der Waals surface area contributed by atoms with E-state index in [1.54, 1.807) is 31.2 Å². The lowest BCUT2D eigenvalue weighted by atomic mass is 10.2. The van der Waals surface area contributed by atoms with Gasteiger partial charge in [0.2, 0.25) is 0 Å². The molecule has 0 aliphatic carbocycles. The van der Waals surface area contributed by atoms with Gasteiger partial charge in [-0.15, -0.1) is 0 Å². The summed E-state index contributed by atoms with van der Waals surface area (Å²) in [4.78, 5) is 0. The highest BCUT2D eigenvalue weighted by atomic mass is 32.2. The van der Waals surface area contributed by atoms with Crippen molar-refractivity contribution in [2.24, 2.45) is 0 Å². The molecule has 0 aliphatic heterocycles. The van der Waals surface area contributed by atoms with Gasteiger partial charge in [-0.3, -0.25) is 4.55 Å². The minimum absolute atomic E-state index is 0.0494. The van der Waals surface area contributed by atoms with Gasteiger partial charge >= 0.3 is 0 Å². The molecule has 5 nitrogen and oxygen atoms in total. The van der Waals surface area contributed by atoms with E-state index in [1.807, 2.05) is 25.1 Å². The quantitative estimate of drug-likeness (QED) is 0.351. The Hall–Kier alpha value is -2.22. The maximum atomic E-state index is 14.4. The smallest absolute Gasteiger partial charge is 0.266 e. The van der Waals surface area contributed by atoms with Gasteiger partial charge in [0.1, 0.15) is 5.82 Å². The second kappa shape index (κ2) is 10.1. The fourth-order valence-corrected chi connectivity index (χ4v) is 3.08. The van der Waals surface area contributed by atoms with Crippen molar-refractivity contribution in [3.63, 3.8) is 0 Å². The Morgan fingerprint density at radius 2 is 1.88 bits per heavy atom. The van der Waals surface area contributed by atoms with Crippen LogP contribution in [0.25, 0.3) is 0 Å². The van der Waals surface area contributed by atoms with E-state index in [9.17, 15) is 13.2 Å². The molecular weight excluding hydrogens is 353 g/mol. The highest BCUT2D eigenvalue weighted by molar-refractivity contribution is 7.81. The Balaban J connectivity index is 2.27. The van der Waals surface area contributed by atoms with Crippen LogP contribution in [0.5, 0.6) is 0 Å².